The Kier molecular flexibility index (Phi) is 4.01. The SMILES string of the molecule is CCSc1nnc(-c2cccnc2)n1-c1ccccc1C. The molecular weight excluding hydrogens is 280 g/mol. The third-order valence-corrected chi connectivity index (χ3v) is 3.99. The van der Waals surface area contributed by atoms with E-state index < -0.39 is 0 Å². The summed E-state index contributed by atoms with van der Waals surface area (Å²) in [5.41, 5.74) is 3.27. The Bertz CT molecular complexity index is 737. The third-order valence-electron chi connectivity index (χ3n) is 3.18. The van der Waals surface area contributed by atoms with E-state index in [1.54, 1.807) is 18.0 Å². The van der Waals surface area contributed by atoms with Crippen LogP contribution in [0.5, 0.6) is 0 Å². The smallest absolute Gasteiger partial charge is 0.196 e. The van der Waals surface area contributed by atoms with Crippen molar-refractivity contribution in [1.82, 2.24) is 19.7 Å². The number of nitrogens with zero attached hydrogens (tertiary/aromatic N) is 4. The molecule has 4 nitrogen and oxygen atoms in total. The molecule has 0 amide bonds. The van der Waals surface area contributed by atoms with E-state index in [0.29, 0.717) is 0 Å². The van der Waals surface area contributed by atoms with E-state index >= 15 is 0 Å². The second kappa shape index (κ2) is 6.10. The van der Waals surface area contributed by atoms with Gasteiger partial charge >= 0.3 is 0 Å². The zero-order chi connectivity index (χ0) is 14.7. The molecule has 3 rings (SSSR count). The molecule has 2 aromatic heterocycles. The fourth-order valence-electron chi connectivity index (χ4n) is 2.21. The van der Waals surface area contributed by atoms with Gasteiger partial charge in [-0.2, -0.15) is 0 Å². The maximum atomic E-state index is 4.37. The van der Waals surface area contributed by atoms with Gasteiger partial charge in [-0.1, -0.05) is 36.9 Å². The molecule has 0 bridgehead atoms. The standard InChI is InChI=1S/C16H16N4S/c1-3-21-16-19-18-15(13-8-6-10-17-11-13)20(16)14-9-5-4-7-12(14)2/h4-11H,3H2,1-2H3. The van der Waals surface area contributed by atoms with Gasteiger partial charge in [0.05, 0.1) is 5.69 Å². The number of thioether (sulfide) groups is 1. The minimum atomic E-state index is 0.827. The molecule has 106 valence electrons. The number of aryl methyl sites for hydroxylation is 1. The summed E-state index contributed by atoms with van der Waals surface area (Å²) in [6.07, 6.45) is 3.58. The van der Waals surface area contributed by atoms with Crippen LogP contribution in [0.15, 0.2) is 53.9 Å². The molecule has 5 heteroatoms. The quantitative estimate of drug-likeness (QED) is 0.688. The van der Waals surface area contributed by atoms with Crippen LogP contribution in [0.1, 0.15) is 12.5 Å². The maximum Gasteiger partial charge on any atom is 0.196 e. The lowest BCUT2D eigenvalue weighted by molar-refractivity contribution is 0.881. The van der Waals surface area contributed by atoms with Gasteiger partial charge < -0.3 is 0 Å². The Labute approximate surface area is 128 Å². The Morgan fingerprint density at radius 1 is 1.10 bits per heavy atom. The second-order valence-electron chi connectivity index (χ2n) is 4.60. The molecule has 2 heterocycles. The van der Waals surface area contributed by atoms with Gasteiger partial charge in [0.1, 0.15) is 0 Å². The lowest BCUT2D eigenvalue weighted by atomic mass is 10.2. The normalized spacial score (nSPS) is 10.8. The zero-order valence-corrected chi connectivity index (χ0v) is 12.8. The topological polar surface area (TPSA) is 43.6 Å². The van der Waals surface area contributed by atoms with E-state index in [0.717, 1.165) is 28.0 Å². The van der Waals surface area contributed by atoms with Crippen molar-refractivity contribution in [2.24, 2.45) is 0 Å². The molecule has 0 aliphatic rings. The van der Waals surface area contributed by atoms with Gasteiger partial charge in [0.25, 0.3) is 0 Å². The van der Waals surface area contributed by atoms with E-state index in [2.05, 4.69) is 45.7 Å². The van der Waals surface area contributed by atoms with Gasteiger partial charge in [-0.25, -0.2) is 0 Å². The summed E-state index contributed by atoms with van der Waals surface area (Å²) >= 11 is 1.69. The summed E-state index contributed by atoms with van der Waals surface area (Å²) in [5, 5.41) is 9.63. The van der Waals surface area contributed by atoms with E-state index in [4.69, 9.17) is 0 Å². The molecule has 0 radical (unpaired) electrons. The zero-order valence-electron chi connectivity index (χ0n) is 12.0. The molecule has 0 saturated carbocycles. The molecule has 0 aliphatic heterocycles. The molecule has 0 unspecified atom stereocenters. The fourth-order valence-corrected chi connectivity index (χ4v) is 2.88. The third kappa shape index (κ3) is 2.69. The molecule has 0 atom stereocenters. The molecule has 0 fully saturated rings. The number of hydrogen-bond acceptors (Lipinski definition) is 4. The van der Waals surface area contributed by atoms with Crippen LogP contribution in [0.25, 0.3) is 17.1 Å². The highest BCUT2D eigenvalue weighted by molar-refractivity contribution is 7.99. The summed E-state index contributed by atoms with van der Waals surface area (Å²) in [6, 6.07) is 12.2. The van der Waals surface area contributed by atoms with Gasteiger partial charge in [-0.15, -0.1) is 10.2 Å². The highest BCUT2D eigenvalue weighted by Gasteiger charge is 2.16. The van der Waals surface area contributed by atoms with Gasteiger partial charge in [0, 0.05) is 18.0 Å². The minimum absolute atomic E-state index is 0.827. The Morgan fingerprint density at radius 2 is 1.95 bits per heavy atom. The number of benzene rings is 1. The van der Waals surface area contributed by atoms with Crippen LogP contribution in [0.4, 0.5) is 0 Å². The first kappa shape index (κ1) is 13.8. The van der Waals surface area contributed by atoms with Crippen molar-refractivity contribution in [2.75, 3.05) is 5.75 Å². The van der Waals surface area contributed by atoms with Crippen LogP contribution in [-0.4, -0.2) is 25.5 Å². The average molecular weight is 296 g/mol. The summed E-state index contributed by atoms with van der Waals surface area (Å²) in [5.74, 6) is 1.78. The predicted molar refractivity (Wildman–Crippen MR) is 85.7 cm³/mol. The Balaban J connectivity index is 2.21. The molecule has 0 spiro atoms. The van der Waals surface area contributed by atoms with E-state index in [1.165, 1.54) is 5.56 Å². The molecular formula is C16H16N4S. The van der Waals surface area contributed by atoms with Crippen LogP contribution < -0.4 is 0 Å². The van der Waals surface area contributed by atoms with E-state index in [1.807, 2.05) is 30.5 Å². The predicted octanol–water partition coefficient (Wildman–Crippen LogP) is 3.75. The largest absolute Gasteiger partial charge is 0.270 e. The van der Waals surface area contributed by atoms with Crippen molar-refractivity contribution in [3.8, 4) is 17.1 Å². The number of rotatable bonds is 4. The van der Waals surface area contributed by atoms with Crippen LogP contribution >= 0.6 is 11.8 Å². The monoisotopic (exact) mass is 296 g/mol. The summed E-state index contributed by atoms with van der Waals surface area (Å²) in [6.45, 7) is 4.22. The van der Waals surface area contributed by atoms with Crippen molar-refractivity contribution in [1.29, 1.82) is 0 Å². The van der Waals surface area contributed by atoms with E-state index in [9.17, 15) is 0 Å². The van der Waals surface area contributed by atoms with Crippen molar-refractivity contribution in [3.05, 3.63) is 54.4 Å². The second-order valence-corrected chi connectivity index (χ2v) is 5.83. The van der Waals surface area contributed by atoms with Crippen molar-refractivity contribution in [3.63, 3.8) is 0 Å². The van der Waals surface area contributed by atoms with Gasteiger partial charge in [-0.05, 0) is 36.4 Å². The minimum Gasteiger partial charge on any atom is -0.270 e. The van der Waals surface area contributed by atoms with E-state index in [-0.39, 0.29) is 0 Å². The lowest BCUT2D eigenvalue weighted by Crippen LogP contribution is -2.01. The number of pyridine rings is 1. The van der Waals surface area contributed by atoms with Gasteiger partial charge in [0.2, 0.25) is 0 Å². The van der Waals surface area contributed by atoms with Crippen molar-refractivity contribution >= 4 is 11.8 Å². The first-order valence-corrected chi connectivity index (χ1v) is 7.84. The number of aromatic nitrogens is 4. The van der Waals surface area contributed by atoms with Crippen LogP contribution in [-0.2, 0) is 0 Å². The Morgan fingerprint density at radius 3 is 2.67 bits per heavy atom. The highest BCUT2D eigenvalue weighted by Crippen LogP contribution is 2.28. The van der Waals surface area contributed by atoms with Crippen LogP contribution in [0, 0.1) is 6.92 Å². The van der Waals surface area contributed by atoms with Crippen LogP contribution in [0.2, 0.25) is 0 Å². The molecule has 0 saturated heterocycles. The molecule has 3 aromatic rings. The molecule has 1 aromatic carbocycles. The molecule has 0 N–H and O–H groups in total. The first-order chi connectivity index (χ1) is 10.3. The lowest BCUT2D eigenvalue weighted by Gasteiger charge is -2.12. The van der Waals surface area contributed by atoms with Crippen molar-refractivity contribution in [2.45, 2.75) is 19.0 Å². The molecule has 0 aliphatic carbocycles. The summed E-state index contributed by atoms with van der Waals surface area (Å²) in [7, 11) is 0. The molecule has 21 heavy (non-hydrogen) atoms. The number of hydrogen-bond donors (Lipinski definition) is 0. The van der Waals surface area contributed by atoms with Gasteiger partial charge in [-0.3, -0.25) is 9.55 Å². The first-order valence-electron chi connectivity index (χ1n) is 6.86. The Hall–Kier alpha value is -2.14. The maximum absolute atomic E-state index is 4.37. The fraction of sp³-hybridized carbons (Fsp3) is 0.188. The average Bonchev–Trinajstić information content (AvgIpc) is 2.93. The summed E-state index contributed by atoms with van der Waals surface area (Å²) < 4.78 is 2.11. The highest BCUT2D eigenvalue weighted by atomic mass is 32.2. The van der Waals surface area contributed by atoms with Crippen molar-refractivity contribution < 1.29 is 0 Å². The van der Waals surface area contributed by atoms with Crippen LogP contribution in [0.3, 0.4) is 0 Å². The number of para-hydroxylation sites is 1. The summed E-state index contributed by atoms with van der Waals surface area (Å²) in [4.78, 5) is 4.19. The van der Waals surface area contributed by atoms with Gasteiger partial charge in [0.15, 0.2) is 11.0 Å².